The van der Waals surface area contributed by atoms with Crippen molar-refractivity contribution >= 4 is 18.1 Å². The molecule has 0 radical (unpaired) electrons. The highest BCUT2D eigenvalue weighted by molar-refractivity contribution is 5.85. The smallest absolute Gasteiger partial charge is 0.328 e. The standard InChI is InChI=1S/C15H14N2O2/c18-15(19)9-8-14-11-16-17(12-14)10-4-7-13-5-2-1-3-6-13/h1-9,11-12H,10H2,(H,18,19)/b7-4?,9-8+. The second-order valence-corrected chi connectivity index (χ2v) is 3.98. The minimum Gasteiger partial charge on any atom is -0.478 e. The summed E-state index contributed by atoms with van der Waals surface area (Å²) in [6.45, 7) is 0.649. The molecule has 96 valence electrons. The van der Waals surface area contributed by atoms with Crippen LogP contribution in [0.25, 0.3) is 12.2 Å². The van der Waals surface area contributed by atoms with Crippen LogP contribution in [0.15, 0.2) is 54.9 Å². The quantitative estimate of drug-likeness (QED) is 0.835. The van der Waals surface area contributed by atoms with Crippen molar-refractivity contribution in [3.63, 3.8) is 0 Å². The summed E-state index contributed by atoms with van der Waals surface area (Å²) in [5.41, 5.74) is 1.91. The number of benzene rings is 1. The molecule has 0 aliphatic rings. The fourth-order valence-electron chi connectivity index (χ4n) is 1.59. The Morgan fingerprint density at radius 1 is 1.21 bits per heavy atom. The van der Waals surface area contributed by atoms with Gasteiger partial charge in [0, 0.05) is 17.8 Å². The number of hydrogen-bond donors (Lipinski definition) is 1. The summed E-state index contributed by atoms with van der Waals surface area (Å²) in [5, 5.41) is 12.7. The lowest BCUT2D eigenvalue weighted by Gasteiger charge is -1.94. The highest BCUT2D eigenvalue weighted by atomic mass is 16.4. The van der Waals surface area contributed by atoms with Crippen LogP contribution in [0.2, 0.25) is 0 Å². The topological polar surface area (TPSA) is 55.1 Å². The van der Waals surface area contributed by atoms with Gasteiger partial charge in [-0.2, -0.15) is 5.10 Å². The van der Waals surface area contributed by atoms with Gasteiger partial charge >= 0.3 is 5.97 Å². The molecule has 0 saturated heterocycles. The van der Waals surface area contributed by atoms with E-state index in [-0.39, 0.29) is 0 Å². The average Bonchev–Trinajstić information content (AvgIpc) is 2.86. The van der Waals surface area contributed by atoms with Crippen LogP contribution < -0.4 is 0 Å². The SMILES string of the molecule is O=C(O)/C=C/c1cnn(CC=Cc2ccccc2)c1. The van der Waals surface area contributed by atoms with Crippen molar-refractivity contribution in [3.05, 3.63) is 66.0 Å². The Kier molecular flexibility index (Phi) is 4.29. The first kappa shape index (κ1) is 12.8. The monoisotopic (exact) mass is 254 g/mol. The zero-order valence-corrected chi connectivity index (χ0v) is 10.3. The molecule has 19 heavy (non-hydrogen) atoms. The van der Waals surface area contributed by atoms with E-state index in [4.69, 9.17) is 5.11 Å². The third-order valence-electron chi connectivity index (χ3n) is 2.47. The van der Waals surface area contributed by atoms with Crippen LogP contribution >= 0.6 is 0 Å². The number of hydrogen-bond acceptors (Lipinski definition) is 2. The number of carbonyl (C=O) groups is 1. The molecule has 1 heterocycles. The van der Waals surface area contributed by atoms with E-state index >= 15 is 0 Å². The van der Waals surface area contributed by atoms with Gasteiger partial charge < -0.3 is 5.11 Å². The lowest BCUT2D eigenvalue weighted by molar-refractivity contribution is -0.131. The minimum absolute atomic E-state index is 0.649. The summed E-state index contributed by atoms with van der Waals surface area (Å²) in [6, 6.07) is 10.0. The second-order valence-electron chi connectivity index (χ2n) is 3.98. The number of carboxylic acids is 1. The molecule has 2 rings (SSSR count). The molecule has 0 atom stereocenters. The van der Waals surface area contributed by atoms with Crippen molar-refractivity contribution in [2.75, 3.05) is 0 Å². The zero-order chi connectivity index (χ0) is 13.5. The van der Waals surface area contributed by atoms with E-state index in [1.807, 2.05) is 42.5 Å². The molecule has 0 amide bonds. The molecule has 4 heteroatoms. The fourth-order valence-corrected chi connectivity index (χ4v) is 1.59. The van der Waals surface area contributed by atoms with E-state index in [9.17, 15) is 4.79 Å². The molecule has 0 aliphatic heterocycles. The first-order valence-electron chi connectivity index (χ1n) is 5.89. The number of nitrogens with zero attached hydrogens (tertiary/aromatic N) is 2. The lowest BCUT2D eigenvalue weighted by atomic mass is 10.2. The minimum atomic E-state index is -0.961. The number of carboxylic acid groups (broad SMARTS) is 1. The van der Waals surface area contributed by atoms with E-state index < -0.39 is 5.97 Å². The van der Waals surface area contributed by atoms with E-state index in [2.05, 4.69) is 5.10 Å². The van der Waals surface area contributed by atoms with E-state index in [0.29, 0.717) is 6.54 Å². The second kappa shape index (κ2) is 6.35. The number of aliphatic carboxylic acids is 1. The van der Waals surface area contributed by atoms with Crippen LogP contribution in [0.1, 0.15) is 11.1 Å². The largest absolute Gasteiger partial charge is 0.478 e. The molecule has 0 aliphatic carbocycles. The van der Waals surface area contributed by atoms with Gasteiger partial charge in [-0.1, -0.05) is 42.5 Å². The lowest BCUT2D eigenvalue weighted by Crippen LogP contribution is -1.94. The van der Waals surface area contributed by atoms with Gasteiger partial charge in [0.25, 0.3) is 0 Å². The molecule has 0 spiro atoms. The summed E-state index contributed by atoms with van der Waals surface area (Å²) >= 11 is 0. The van der Waals surface area contributed by atoms with Crippen LogP contribution in [0, 0.1) is 0 Å². The van der Waals surface area contributed by atoms with Crippen LogP contribution in [0.4, 0.5) is 0 Å². The van der Waals surface area contributed by atoms with Crippen LogP contribution in [-0.2, 0) is 11.3 Å². The molecule has 2 aromatic rings. The first-order chi connectivity index (χ1) is 9.24. The summed E-state index contributed by atoms with van der Waals surface area (Å²) in [7, 11) is 0. The van der Waals surface area contributed by atoms with Crippen molar-refractivity contribution in [1.29, 1.82) is 0 Å². The van der Waals surface area contributed by atoms with Gasteiger partial charge in [0.05, 0.1) is 12.7 Å². The molecule has 1 aromatic heterocycles. The molecule has 4 nitrogen and oxygen atoms in total. The number of aromatic nitrogens is 2. The predicted octanol–water partition coefficient (Wildman–Crippen LogP) is 2.69. The summed E-state index contributed by atoms with van der Waals surface area (Å²) in [6.07, 6.45) is 10.1. The molecule has 0 fully saturated rings. The Hall–Kier alpha value is -2.62. The normalized spacial score (nSPS) is 11.4. The van der Waals surface area contributed by atoms with Crippen LogP contribution in [0.3, 0.4) is 0 Å². The molecule has 1 aromatic carbocycles. The van der Waals surface area contributed by atoms with Crippen LogP contribution in [0.5, 0.6) is 0 Å². The zero-order valence-electron chi connectivity index (χ0n) is 10.3. The van der Waals surface area contributed by atoms with Gasteiger partial charge in [-0.05, 0) is 11.6 Å². The maximum atomic E-state index is 10.4. The van der Waals surface area contributed by atoms with Gasteiger partial charge in [-0.25, -0.2) is 4.79 Å². The molecule has 0 unspecified atom stereocenters. The third kappa shape index (κ3) is 4.27. The maximum absolute atomic E-state index is 10.4. The Morgan fingerprint density at radius 3 is 2.74 bits per heavy atom. The molecule has 1 N–H and O–H groups in total. The molecule has 0 bridgehead atoms. The van der Waals surface area contributed by atoms with Crippen molar-refractivity contribution < 1.29 is 9.90 Å². The Morgan fingerprint density at radius 2 is 2.00 bits per heavy atom. The molecular formula is C15H14N2O2. The Balaban J connectivity index is 1.94. The highest BCUT2D eigenvalue weighted by Crippen LogP contribution is 2.03. The van der Waals surface area contributed by atoms with Gasteiger partial charge in [-0.3, -0.25) is 4.68 Å². The average molecular weight is 254 g/mol. The molecule has 0 saturated carbocycles. The summed E-state index contributed by atoms with van der Waals surface area (Å²) in [5.74, 6) is -0.961. The van der Waals surface area contributed by atoms with Gasteiger partial charge in [-0.15, -0.1) is 0 Å². The van der Waals surface area contributed by atoms with E-state index in [0.717, 1.165) is 17.2 Å². The number of rotatable bonds is 5. The van der Waals surface area contributed by atoms with Crippen molar-refractivity contribution in [2.24, 2.45) is 0 Å². The van der Waals surface area contributed by atoms with E-state index in [1.165, 1.54) is 6.08 Å². The molecular weight excluding hydrogens is 240 g/mol. The van der Waals surface area contributed by atoms with Crippen molar-refractivity contribution in [3.8, 4) is 0 Å². The summed E-state index contributed by atoms with van der Waals surface area (Å²) in [4.78, 5) is 10.4. The van der Waals surface area contributed by atoms with Gasteiger partial charge in [0.1, 0.15) is 0 Å². The Labute approximate surface area is 111 Å². The van der Waals surface area contributed by atoms with E-state index in [1.54, 1.807) is 17.1 Å². The first-order valence-corrected chi connectivity index (χ1v) is 5.89. The highest BCUT2D eigenvalue weighted by Gasteiger charge is 1.94. The predicted molar refractivity (Wildman–Crippen MR) is 74.4 cm³/mol. The third-order valence-corrected chi connectivity index (χ3v) is 2.47. The van der Waals surface area contributed by atoms with Crippen molar-refractivity contribution in [1.82, 2.24) is 9.78 Å². The van der Waals surface area contributed by atoms with Gasteiger partial charge in [0.15, 0.2) is 0 Å². The maximum Gasteiger partial charge on any atom is 0.328 e. The van der Waals surface area contributed by atoms with Gasteiger partial charge in [0.2, 0.25) is 0 Å². The fraction of sp³-hybridized carbons (Fsp3) is 0.0667. The Bertz CT molecular complexity index is 598. The van der Waals surface area contributed by atoms with Crippen molar-refractivity contribution in [2.45, 2.75) is 6.54 Å². The summed E-state index contributed by atoms with van der Waals surface area (Å²) < 4.78 is 1.75. The van der Waals surface area contributed by atoms with Crippen LogP contribution in [-0.4, -0.2) is 20.9 Å². The number of allylic oxidation sites excluding steroid dienone is 1.